The Labute approximate surface area is 117 Å². The van der Waals surface area contributed by atoms with Crippen molar-refractivity contribution < 1.29 is 0 Å². The van der Waals surface area contributed by atoms with E-state index in [1.807, 2.05) is 12.3 Å². The molecule has 0 amide bonds. The van der Waals surface area contributed by atoms with Crippen molar-refractivity contribution >= 4 is 5.82 Å². The molecule has 2 atom stereocenters. The molecule has 1 aliphatic heterocycles. The molecule has 0 aromatic carbocycles. The van der Waals surface area contributed by atoms with Crippen molar-refractivity contribution in [2.45, 2.75) is 46.1 Å². The van der Waals surface area contributed by atoms with Gasteiger partial charge in [0.15, 0.2) is 0 Å². The molecule has 0 spiro atoms. The average Bonchev–Trinajstić information content (AvgIpc) is 2.89. The molecule has 2 heterocycles. The smallest absolute Gasteiger partial charge is 0.131 e. The molecule has 1 saturated heterocycles. The number of nitrogens with two attached hydrogens (primary N) is 1. The molecule has 19 heavy (non-hydrogen) atoms. The Morgan fingerprint density at radius 3 is 2.89 bits per heavy atom. The van der Waals surface area contributed by atoms with Crippen LogP contribution in [0.5, 0.6) is 0 Å². The Balaban J connectivity index is 2.12. The molecule has 1 fully saturated rings. The van der Waals surface area contributed by atoms with Gasteiger partial charge in [0.25, 0.3) is 0 Å². The first kappa shape index (κ1) is 14.3. The van der Waals surface area contributed by atoms with Crippen LogP contribution in [0, 0.1) is 11.8 Å². The fraction of sp³-hybridized carbons (Fsp3) is 0.688. The summed E-state index contributed by atoms with van der Waals surface area (Å²) in [5.41, 5.74) is 7.41. The lowest BCUT2D eigenvalue weighted by atomic mass is 9.95. The molecule has 3 nitrogen and oxygen atoms in total. The number of aromatic nitrogens is 1. The van der Waals surface area contributed by atoms with Crippen LogP contribution in [0.2, 0.25) is 0 Å². The molecule has 2 N–H and O–H groups in total. The van der Waals surface area contributed by atoms with Crippen LogP contribution in [0.3, 0.4) is 0 Å². The second kappa shape index (κ2) is 6.38. The SMILES string of the molecule is CCC(N)Cc1cccnc1N1CCC(C(C)C)C1. The number of hydrogen-bond acceptors (Lipinski definition) is 3. The molecular formula is C16H27N3. The molecule has 0 radical (unpaired) electrons. The van der Waals surface area contributed by atoms with Gasteiger partial charge >= 0.3 is 0 Å². The lowest BCUT2D eigenvalue weighted by Crippen LogP contribution is -2.26. The van der Waals surface area contributed by atoms with Crippen molar-refractivity contribution in [2.24, 2.45) is 17.6 Å². The summed E-state index contributed by atoms with van der Waals surface area (Å²) in [7, 11) is 0. The van der Waals surface area contributed by atoms with E-state index in [2.05, 4.69) is 36.7 Å². The summed E-state index contributed by atoms with van der Waals surface area (Å²) in [5.74, 6) is 2.72. The van der Waals surface area contributed by atoms with Crippen molar-refractivity contribution in [3.8, 4) is 0 Å². The van der Waals surface area contributed by atoms with E-state index in [9.17, 15) is 0 Å². The van der Waals surface area contributed by atoms with Crippen LogP contribution >= 0.6 is 0 Å². The predicted molar refractivity (Wildman–Crippen MR) is 81.4 cm³/mol. The van der Waals surface area contributed by atoms with Gasteiger partial charge < -0.3 is 10.6 Å². The van der Waals surface area contributed by atoms with Crippen LogP contribution in [0.15, 0.2) is 18.3 Å². The van der Waals surface area contributed by atoms with Gasteiger partial charge in [-0.3, -0.25) is 0 Å². The summed E-state index contributed by atoms with van der Waals surface area (Å²) in [6, 6.07) is 4.45. The molecule has 0 bridgehead atoms. The van der Waals surface area contributed by atoms with Crippen molar-refractivity contribution in [2.75, 3.05) is 18.0 Å². The fourth-order valence-electron chi connectivity index (χ4n) is 2.82. The Morgan fingerprint density at radius 1 is 1.47 bits per heavy atom. The van der Waals surface area contributed by atoms with E-state index < -0.39 is 0 Å². The molecule has 1 aromatic heterocycles. The molecule has 2 rings (SSSR count). The van der Waals surface area contributed by atoms with Gasteiger partial charge in [-0.15, -0.1) is 0 Å². The molecule has 1 aromatic rings. The number of anilines is 1. The van der Waals surface area contributed by atoms with Crippen LogP contribution in [0.4, 0.5) is 5.82 Å². The highest BCUT2D eigenvalue weighted by Gasteiger charge is 2.27. The monoisotopic (exact) mass is 261 g/mol. The van der Waals surface area contributed by atoms with Crippen molar-refractivity contribution in [3.05, 3.63) is 23.9 Å². The zero-order valence-corrected chi connectivity index (χ0v) is 12.5. The summed E-state index contributed by atoms with van der Waals surface area (Å²) >= 11 is 0. The van der Waals surface area contributed by atoms with Crippen LogP contribution < -0.4 is 10.6 Å². The maximum atomic E-state index is 6.10. The highest BCUT2D eigenvalue weighted by Crippen LogP contribution is 2.29. The van der Waals surface area contributed by atoms with Crippen molar-refractivity contribution in [1.29, 1.82) is 0 Å². The predicted octanol–water partition coefficient (Wildman–Crippen LogP) is 2.84. The summed E-state index contributed by atoms with van der Waals surface area (Å²) in [4.78, 5) is 7.06. The Morgan fingerprint density at radius 2 is 2.26 bits per heavy atom. The minimum absolute atomic E-state index is 0.242. The van der Waals surface area contributed by atoms with E-state index in [-0.39, 0.29) is 6.04 Å². The second-order valence-corrected chi connectivity index (χ2v) is 6.10. The summed E-state index contributed by atoms with van der Waals surface area (Å²) < 4.78 is 0. The highest BCUT2D eigenvalue weighted by molar-refractivity contribution is 5.48. The van der Waals surface area contributed by atoms with Gasteiger partial charge in [0.1, 0.15) is 5.82 Å². The molecular weight excluding hydrogens is 234 g/mol. The number of pyridine rings is 1. The van der Waals surface area contributed by atoms with Gasteiger partial charge in [-0.2, -0.15) is 0 Å². The van der Waals surface area contributed by atoms with Crippen molar-refractivity contribution in [1.82, 2.24) is 4.98 Å². The van der Waals surface area contributed by atoms with Gasteiger partial charge in [-0.05, 0) is 42.7 Å². The lowest BCUT2D eigenvalue weighted by molar-refractivity contribution is 0.422. The van der Waals surface area contributed by atoms with Crippen LogP contribution in [0.1, 0.15) is 39.2 Å². The normalized spacial score (nSPS) is 21.1. The Kier molecular flexibility index (Phi) is 4.81. The Bertz CT molecular complexity index is 403. The fourth-order valence-corrected chi connectivity index (χ4v) is 2.82. The maximum absolute atomic E-state index is 6.10. The quantitative estimate of drug-likeness (QED) is 0.886. The summed E-state index contributed by atoms with van der Waals surface area (Å²) in [6.45, 7) is 9.06. The van der Waals surface area contributed by atoms with E-state index in [0.29, 0.717) is 0 Å². The van der Waals surface area contributed by atoms with Gasteiger partial charge in [-0.1, -0.05) is 26.8 Å². The first-order valence-corrected chi connectivity index (χ1v) is 7.56. The zero-order chi connectivity index (χ0) is 13.8. The van der Waals surface area contributed by atoms with Crippen molar-refractivity contribution in [3.63, 3.8) is 0 Å². The summed E-state index contributed by atoms with van der Waals surface area (Å²) in [5, 5.41) is 0. The van der Waals surface area contributed by atoms with Crippen LogP contribution in [-0.4, -0.2) is 24.1 Å². The number of rotatable bonds is 5. The zero-order valence-electron chi connectivity index (χ0n) is 12.5. The molecule has 3 heteroatoms. The molecule has 1 aliphatic rings. The van der Waals surface area contributed by atoms with E-state index in [0.717, 1.165) is 43.6 Å². The first-order chi connectivity index (χ1) is 9.11. The van der Waals surface area contributed by atoms with Gasteiger partial charge in [0.2, 0.25) is 0 Å². The van der Waals surface area contributed by atoms with Gasteiger partial charge in [0.05, 0.1) is 0 Å². The molecule has 0 aliphatic carbocycles. The Hall–Kier alpha value is -1.09. The summed E-state index contributed by atoms with van der Waals surface area (Å²) in [6.07, 6.45) is 5.14. The van der Waals surface area contributed by atoms with E-state index in [1.54, 1.807) is 0 Å². The average molecular weight is 261 g/mol. The number of hydrogen-bond donors (Lipinski definition) is 1. The first-order valence-electron chi connectivity index (χ1n) is 7.56. The standard InChI is InChI=1S/C16H27N3/c1-4-15(17)10-13-6-5-8-18-16(13)19-9-7-14(11-19)12(2)3/h5-6,8,12,14-15H,4,7,9-11,17H2,1-3H3. The minimum atomic E-state index is 0.242. The number of nitrogens with zero attached hydrogens (tertiary/aromatic N) is 2. The van der Waals surface area contributed by atoms with Gasteiger partial charge in [-0.25, -0.2) is 4.98 Å². The van der Waals surface area contributed by atoms with E-state index >= 15 is 0 Å². The van der Waals surface area contributed by atoms with Gasteiger partial charge in [0, 0.05) is 25.3 Å². The van der Waals surface area contributed by atoms with Crippen LogP contribution in [-0.2, 0) is 6.42 Å². The second-order valence-electron chi connectivity index (χ2n) is 6.10. The molecule has 106 valence electrons. The van der Waals surface area contributed by atoms with E-state index in [1.165, 1.54) is 12.0 Å². The van der Waals surface area contributed by atoms with E-state index in [4.69, 9.17) is 5.73 Å². The largest absolute Gasteiger partial charge is 0.356 e. The third-order valence-corrected chi connectivity index (χ3v) is 4.34. The molecule has 0 saturated carbocycles. The minimum Gasteiger partial charge on any atom is -0.356 e. The molecule has 2 unspecified atom stereocenters. The lowest BCUT2D eigenvalue weighted by Gasteiger charge is -2.22. The highest BCUT2D eigenvalue weighted by atomic mass is 15.2. The topological polar surface area (TPSA) is 42.1 Å². The van der Waals surface area contributed by atoms with Crippen LogP contribution in [0.25, 0.3) is 0 Å². The third kappa shape index (κ3) is 3.47. The third-order valence-electron chi connectivity index (χ3n) is 4.34. The maximum Gasteiger partial charge on any atom is 0.131 e.